The number of nitrogens with zero attached hydrogens (tertiary/aromatic N) is 2. The van der Waals surface area contributed by atoms with Gasteiger partial charge in [-0.15, -0.1) is 0 Å². The first-order valence-corrected chi connectivity index (χ1v) is 10.4. The highest BCUT2D eigenvalue weighted by atomic mass is 79.9. The highest BCUT2D eigenvalue weighted by molar-refractivity contribution is 9.11. The molecule has 3 rings (SSSR count). The van der Waals surface area contributed by atoms with Gasteiger partial charge in [-0.3, -0.25) is 9.69 Å². The number of benzene rings is 1. The average Bonchev–Trinajstić information content (AvgIpc) is 3.20. The molecule has 1 saturated heterocycles. The topological polar surface area (TPSA) is 79.9 Å². The van der Waals surface area contributed by atoms with Crippen molar-refractivity contribution in [2.45, 2.75) is 25.1 Å². The maximum absolute atomic E-state index is 13.1. The Balaban J connectivity index is 1.80. The first-order chi connectivity index (χ1) is 14.7. The number of carbonyl (C=O) groups excluding carboxylic acids is 1. The molecule has 2 aliphatic rings. The third kappa shape index (κ3) is 5.58. The number of hydrogen-bond donors (Lipinski definition) is 2. The monoisotopic (exact) mass is 498 g/mol. The molecule has 10 heteroatoms. The van der Waals surface area contributed by atoms with E-state index in [1.54, 1.807) is 7.11 Å². The molecule has 1 aromatic rings. The summed E-state index contributed by atoms with van der Waals surface area (Å²) in [7, 11) is 1.59. The van der Waals surface area contributed by atoms with E-state index in [2.05, 4.69) is 36.9 Å². The van der Waals surface area contributed by atoms with Crippen LogP contribution in [0.4, 0.5) is 13.2 Å². The molecule has 0 radical (unpaired) electrons. The summed E-state index contributed by atoms with van der Waals surface area (Å²) in [6.07, 6.45) is -1.86. The van der Waals surface area contributed by atoms with E-state index >= 15 is 0 Å². The maximum atomic E-state index is 13.1. The summed E-state index contributed by atoms with van der Waals surface area (Å²) in [5.41, 5.74) is 7.40. The number of halogens is 4. The molecule has 166 valence electrons. The number of allylic oxidation sites excluding steroid dienone is 1. The molecular weight excluding hydrogens is 477 g/mol. The van der Waals surface area contributed by atoms with E-state index in [4.69, 9.17) is 10.5 Å². The lowest BCUT2D eigenvalue weighted by Crippen LogP contribution is -2.40. The van der Waals surface area contributed by atoms with Crippen LogP contribution in [0.5, 0.6) is 5.75 Å². The first kappa shape index (κ1) is 23.1. The number of ether oxygens (including phenoxy) is 1. The minimum absolute atomic E-state index is 0.103. The van der Waals surface area contributed by atoms with Gasteiger partial charge in [-0.2, -0.15) is 13.2 Å². The molecule has 3 N–H and O–H groups in total. The number of likely N-dealkylation sites (tertiary alicyclic amines) is 1. The standard InChI is InChI=1S/C21H22BrF3N4O2/c1-31-14-6-4-13(5-7-14)17(29-10-2-3-11-29)12-27-20(30)18-16(26)9-8-15(19(22)28-18)21(23,24)25/h4-8,17H,2-3,10-12,26H2,1H3,(H,27,30). The highest BCUT2D eigenvalue weighted by Crippen LogP contribution is 2.33. The number of amides is 1. The minimum atomic E-state index is -4.66. The number of carbonyl (C=O) groups is 1. The van der Waals surface area contributed by atoms with Crippen molar-refractivity contribution in [1.82, 2.24) is 10.2 Å². The second-order valence-electron chi connectivity index (χ2n) is 7.11. The van der Waals surface area contributed by atoms with Crippen molar-refractivity contribution in [2.75, 3.05) is 26.7 Å². The molecule has 6 nitrogen and oxygen atoms in total. The van der Waals surface area contributed by atoms with E-state index in [-0.39, 0.29) is 24.0 Å². The lowest BCUT2D eigenvalue weighted by Gasteiger charge is -2.28. The Labute approximate surface area is 186 Å². The molecule has 0 aliphatic carbocycles. The van der Waals surface area contributed by atoms with Crippen LogP contribution in [-0.2, 0) is 4.79 Å². The zero-order valence-corrected chi connectivity index (χ0v) is 18.4. The molecule has 0 saturated carbocycles. The number of hydrogen-bond acceptors (Lipinski definition) is 5. The molecule has 0 aromatic heterocycles. The number of methoxy groups -OCH3 is 1. The quantitative estimate of drug-likeness (QED) is 0.464. The van der Waals surface area contributed by atoms with Gasteiger partial charge in [-0.1, -0.05) is 17.9 Å². The average molecular weight is 499 g/mol. The predicted octanol–water partition coefficient (Wildman–Crippen LogP) is 3.57. The van der Waals surface area contributed by atoms with Crippen LogP contribution in [0.25, 0.3) is 0 Å². The van der Waals surface area contributed by atoms with Crippen molar-refractivity contribution in [3.05, 3.63) is 57.5 Å². The van der Waals surface area contributed by atoms with Gasteiger partial charge in [0.05, 0.1) is 18.7 Å². The molecule has 31 heavy (non-hydrogen) atoms. The Morgan fingerprint density at radius 3 is 2.55 bits per heavy atom. The Morgan fingerprint density at radius 2 is 1.97 bits per heavy atom. The second kappa shape index (κ2) is 9.72. The number of nitrogens with two attached hydrogens (primary N) is 1. The van der Waals surface area contributed by atoms with Crippen LogP contribution in [0.2, 0.25) is 0 Å². The molecule has 1 fully saturated rings. The van der Waals surface area contributed by atoms with Gasteiger partial charge in [0, 0.05) is 6.54 Å². The summed E-state index contributed by atoms with van der Waals surface area (Å²) in [5.74, 6) is 0.0547. The van der Waals surface area contributed by atoms with E-state index in [0.29, 0.717) is 6.08 Å². The third-order valence-electron chi connectivity index (χ3n) is 5.12. The number of aliphatic imine (C=N–C) groups is 1. The Hall–Kier alpha value is -2.55. The van der Waals surface area contributed by atoms with E-state index in [1.165, 1.54) is 0 Å². The van der Waals surface area contributed by atoms with Crippen molar-refractivity contribution < 1.29 is 22.7 Å². The van der Waals surface area contributed by atoms with Crippen LogP contribution in [0.1, 0.15) is 24.4 Å². The van der Waals surface area contributed by atoms with Crippen molar-refractivity contribution in [3.63, 3.8) is 0 Å². The summed E-state index contributed by atoms with van der Waals surface area (Å²) in [4.78, 5) is 18.8. The Bertz CT molecular complexity index is 958. The van der Waals surface area contributed by atoms with Crippen molar-refractivity contribution in [1.29, 1.82) is 0 Å². The molecule has 2 aliphatic heterocycles. The van der Waals surface area contributed by atoms with E-state index in [0.717, 1.165) is 37.2 Å². The lowest BCUT2D eigenvalue weighted by molar-refractivity contribution is -0.115. The fourth-order valence-corrected chi connectivity index (χ4v) is 4.00. The van der Waals surface area contributed by atoms with E-state index in [1.807, 2.05) is 24.3 Å². The highest BCUT2D eigenvalue weighted by Gasteiger charge is 2.36. The van der Waals surface area contributed by atoms with Gasteiger partial charge in [0.2, 0.25) is 0 Å². The van der Waals surface area contributed by atoms with Gasteiger partial charge < -0.3 is 15.8 Å². The molecule has 1 unspecified atom stereocenters. The summed E-state index contributed by atoms with van der Waals surface area (Å²) in [6.45, 7) is 2.03. The number of alkyl halides is 3. The van der Waals surface area contributed by atoms with E-state index in [9.17, 15) is 18.0 Å². The summed E-state index contributed by atoms with van der Waals surface area (Å²) >= 11 is 2.79. The summed E-state index contributed by atoms with van der Waals surface area (Å²) < 4.78 is 44.0. The molecule has 0 spiro atoms. The maximum Gasteiger partial charge on any atom is 0.419 e. The van der Waals surface area contributed by atoms with Gasteiger partial charge >= 0.3 is 6.18 Å². The van der Waals surface area contributed by atoms with Gasteiger partial charge in [-0.05, 0) is 65.6 Å². The Morgan fingerprint density at radius 1 is 1.32 bits per heavy atom. The van der Waals surface area contributed by atoms with Gasteiger partial charge in [-0.25, -0.2) is 4.99 Å². The SMILES string of the molecule is COc1ccc(C(CNC(=O)C2=NC(Br)=C(C(F)(F)F)C=C=C2N)N2CCCC2)cc1. The fraction of sp³-hybridized carbons (Fsp3) is 0.381. The normalized spacial score (nSPS) is 18.4. The molecule has 2 heterocycles. The lowest BCUT2D eigenvalue weighted by atomic mass is 10.0. The van der Waals surface area contributed by atoms with Gasteiger partial charge in [0.25, 0.3) is 5.91 Å². The minimum Gasteiger partial charge on any atom is -0.497 e. The molecular formula is C21H22BrF3N4O2. The van der Waals surface area contributed by atoms with Crippen molar-refractivity contribution >= 4 is 27.5 Å². The van der Waals surface area contributed by atoms with Gasteiger partial charge in [0.1, 0.15) is 16.1 Å². The molecule has 1 aromatic carbocycles. The fourth-order valence-electron chi connectivity index (χ4n) is 3.48. The van der Waals surface area contributed by atoms with Crippen molar-refractivity contribution in [2.24, 2.45) is 10.7 Å². The first-order valence-electron chi connectivity index (χ1n) is 9.65. The number of rotatable bonds is 6. The zero-order chi connectivity index (χ0) is 22.6. The molecule has 1 atom stereocenters. The smallest absolute Gasteiger partial charge is 0.419 e. The van der Waals surface area contributed by atoms with Crippen LogP contribution in [-0.4, -0.2) is 49.4 Å². The third-order valence-corrected chi connectivity index (χ3v) is 5.72. The number of nitrogens with one attached hydrogen (secondary N) is 1. The zero-order valence-electron chi connectivity index (χ0n) is 16.8. The van der Waals surface area contributed by atoms with Crippen LogP contribution in [0.15, 0.2) is 56.9 Å². The second-order valence-corrected chi connectivity index (χ2v) is 7.86. The van der Waals surface area contributed by atoms with Crippen LogP contribution >= 0.6 is 15.9 Å². The van der Waals surface area contributed by atoms with Crippen LogP contribution in [0.3, 0.4) is 0 Å². The largest absolute Gasteiger partial charge is 0.497 e. The van der Waals surface area contributed by atoms with Crippen LogP contribution < -0.4 is 15.8 Å². The van der Waals surface area contributed by atoms with Crippen LogP contribution in [0, 0.1) is 0 Å². The summed E-state index contributed by atoms with van der Waals surface area (Å²) in [5, 5.41) is 2.77. The molecule has 1 amide bonds. The molecule has 0 bridgehead atoms. The van der Waals surface area contributed by atoms with E-state index < -0.39 is 22.3 Å². The predicted molar refractivity (Wildman–Crippen MR) is 115 cm³/mol. The Kier molecular flexibility index (Phi) is 7.25. The van der Waals surface area contributed by atoms with Gasteiger partial charge in [0.15, 0.2) is 5.71 Å². The summed E-state index contributed by atoms with van der Waals surface area (Å²) in [6, 6.07) is 7.46. The van der Waals surface area contributed by atoms with Crippen molar-refractivity contribution in [3.8, 4) is 5.75 Å².